The molecular weight excluding hydrogens is 192 g/mol. The van der Waals surface area contributed by atoms with E-state index >= 15 is 0 Å². The maximum Gasteiger partial charge on any atom is 0.292 e. The van der Waals surface area contributed by atoms with E-state index in [9.17, 15) is 0 Å². The first-order valence-corrected chi connectivity index (χ1v) is 4.29. The van der Waals surface area contributed by atoms with Gasteiger partial charge in [-0.15, -0.1) is 10.5 Å². The number of nitriles is 2. The van der Waals surface area contributed by atoms with E-state index in [0.717, 1.165) is 5.57 Å². The average molecular weight is 204 g/mol. The maximum absolute atomic E-state index is 8.30. The van der Waals surface area contributed by atoms with Crippen molar-refractivity contribution in [1.82, 2.24) is 0 Å². The van der Waals surface area contributed by atoms with Gasteiger partial charge >= 0.3 is 0 Å². The average Bonchev–Trinajstić information content (AvgIpc) is 2.24. The van der Waals surface area contributed by atoms with Crippen molar-refractivity contribution in [3.63, 3.8) is 0 Å². The largest absolute Gasteiger partial charge is 0.393 e. The van der Waals surface area contributed by atoms with Crippen LogP contribution in [0.4, 0.5) is 0 Å². The van der Waals surface area contributed by atoms with E-state index in [1.165, 1.54) is 0 Å². The SMILES string of the molecule is C\C=C(/C=C\C(C)=C(/C)OC#N)OC#N. The summed E-state index contributed by atoms with van der Waals surface area (Å²) in [5.74, 6) is 0.961. The summed E-state index contributed by atoms with van der Waals surface area (Å²) < 4.78 is 9.27. The minimum atomic E-state index is 0.446. The van der Waals surface area contributed by atoms with E-state index in [0.29, 0.717) is 11.5 Å². The maximum atomic E-state index is 8.30. The predicted molar refractivity (Wildman–Crippen MR) is 54.7 cm³/mol. The lowest BCUT2D eigenvalue weighted by molar-refractivity contribution is 0.373. The summed E-state index contributed by atoms with van der Waals surface area (Å²) in [4.78, 5) is 0. The van der Waals surface area contributed by atoms with Gasteiger partial charge in [-0.25, -0.2) is 0 Å². The highest BCUT2D eigenvalue weighted by Crippen LogP contribution is 2.08. The third kappa shape index (κ3) is 5.17. The summed E-state index contributed by atoms with van der Waals surface area (Å²) in [6.07, 6.45) is 8.16. The van der Waals surface area contributed by atoms with E-state index in [1.807, 2.05) is 0 Å². The lowest BCUT2D eigenvalue weighted by Crippen LogP contribution is -1.85. The summed E-state index contributed by atoms with van der Waals surface area (Å²) >= 11 is 0. The zero-order valence-corrected chi connectivity index (χ0v) is 8.94. The molecule has 0 spiro atoms. The molecule has 15 heavy (non-hydrogen) atoms. The van der Waals surface area contributed by atoms with Crippen LogP contribution in [0, 0.1) is 23.0 Å². The van der Waals surface area contributed by atoms with Crippen molar-refractivity contribution in [2.24, 2.45) is 0 Å². The molecule has 0 aliphatic rings. The Balaban J connectivity index is 4.61. The van der Waals surface area contributed by atoms with Gasteiger partial charge in [0, 0.05) is 0 Å². The van der Waals surface area contributed by atoms with Gasteiger partial charge in [-0.2, -0.15) is 0 Å². The second-order valence-corrected chi connectivity index (χ2v) is 2.65. The second kappa shape index (κ2) is 7.23. The molecule has 0 aromatic rings. The van der Waals surface area contributed by atoms with Crippen LogP contribution in [0.15, 0.2) is 35.3 Å². The fourth-order valence-corrected chi connectivity index (χ4v) is 0.715. The van der Waals surface area contributed by atoms with E-state index in [-0.39, 0.29) is 0 Å². The van der Waals surface area contributed by atoms with Crippen LogP contribution >= 0.6 is 0 Å². The van der Waals surface area contributed by atoms with Gasteiger partial charge in [0.25, 0.3) is 12.5 Å². The number of hydrogen-bond acceptors (Lipinski definition) is 4. The van der Waals surface area contributed by atoms with Crippen molar-refractivity contribution in [3.05, 3.63) is 35.3 Å². The van der Waals surface area contributed by atoms with Gasteiger partial charge in [-0.1, -0.05) is 6.08 Å². The van der Waals surface area contributed by atoms with Crippen LogP contribution in [0.2, 0.25) is 0 Å². The zero-order valence-electron chi connectivity index (χ0n) is 8.94. The number of rotatable bonds is 4. The Labute approximate surface area is 89.3 Å². The summed E-state index contributed by atoms with van der Waals surface area (Å²) in [6, 6.07) is 0. The van der Waals surface area contributed by atoms with Gasteiger partial charge in [0.05, 0.1) is 0 Å². The molecule has 0 unspecified atom stereocenters. The Hall–Kier alpha value is -2.20. The molecule has 0 bridgehead atoms. The van der Waals surface area contributed by atoms with Crippen molar-refractivity contribution in [1.29, 1.82) is 10.5 Å². The Bertz CT molecular complexity index is 378. The molecule has 0 heterocycles. The molecule has 0 saturated heterocycles. The number of ether oxygens (including phenoxy) is 2. The molecule has 78 valence electrons. The molecule has 0 aromatic carbocycles. The molecule has 0 atom stereocenters. The number of nitrogens with zero attached hydrogens (tertiary/aromatic N) is 2. The minimum Gasteiger partial charge on any atom is -0.393 e. The molecule has 0 amide bonds. The monoisotopic (exact) mass is 204 g/mol. The zero-order chi connectivity index (χ0) is 11.7. The lowest BCUT2D eigenvalue weighted by Gasteiger charge is -1.98. The first-order valence-electron chi connectivity index (χ1n) is 4.29. The van der Waals surface area contributed by atoms with Crippen LogP contribution < -0.4 is 0 Å². The molecule has 0 N–H and O–H groups in total. The first-order chi connectivity index (χ1) is 7.15. The van der Waals surface area contributed by atoms with Crippen LogP contribution in [-0.4, -0.2) is 0 Å². The Morgan fingerprint density at radius 3 is 2.13 bits per heavy atom. The highest BCUT2D eigenvalue weighted by molar-refractivity contribution is 5.25. The van der Waals surface area contributed by atoms with Gasteiger partial charge in [0.2, 0.25) is 0 Å². The van der Waals surface area contributed by atoms with Gasteiger partial charge in [0.1, 0.15) is 11.5 Å². The van der Waals surface area contributed by atoms with Gasteiger partial charge < -0.3 is 9.47 Å². The topological polar surface area (TPSA) is 66.0 Å². The number of hydrogen-bond donors (Lipinski definition) is 0. The molecule has 4 nitrogen and oxygen atoms in total. The highest BCUT2D eigenvalue weighted by atomic mass is 16.5. The standard InChI is InChI=1S/C11H12N2O2/c1-4-11(15-8-13)6-5-9(2)10(3)14-7-12/h4-6H,1-3H3/b6-5-,10-9+,11-4+. The Morgan fingerprint density at radius 1 is 1.07 bits per heavy atom. The third-order valence-electron chi connectivity index (χ3n) is 1.70. The summed E-state index contributed by atoms with van der Waals surface area (Å²) in [5.41, 5.74) is 0.789. The molecule has 4 heteroatoms. The molecule has 0 aliphatic carbocycles. The van der Waals surface area contributed by atoms with E-state index in [2.05, 4.69) is 9.47 Å². The molecule has 0 aromatic heterocycles. The van der Waals surface area contributed by atoms with Crippen molar-refractivity contribution >= 4 is 0 Å². The molecule has 0 rings (SSSR count). The molecule has 0 radical (unpaired) electrons. The Morgan fingerprint density at radius 2 is 1.67 bits per heavy atom. The van der Waals surface area contributed by atoms with E-state index in [1.54, 1.807) is 51.5 Å². The third-order valence-corrected chi connectivity index (χ3v) is 1.70. The van der Waals surface area contributed by atoms with Gasteiger partial charge in [-0.3, -0.25) is 0 Å². The fourth-order valence-electron chi connectivity index (χ4n) is 0.715. The van der Waals surface area contributed by atoms with Crippen molar-refractivity contribution in [2.75, 3.05) is 0 Å². The quantitative estimate of drug-likeness (QED) is 0.401. The van der Waals surface area contributed by atoms with Crippen LogP contribution in [-0.2, 0) is 9.47 Å². The first kappa shape index (κ1) is 12.8. The lowest BCUT2D eigenvalue weighted by atomic mass is 10.2. The van der Waals surface area contributed by atoms with Crippen molar-refractivity contribution in [2.45, 2.75) is 20.8 Å². The molecule has 0 aliphatic heterocycles. The molecule has 0 saturated carbocycles. The van der Waals surface area contributed by atoms with Crippen LogP contribution in [0.5, 0.6) is 0 Å². The summed E-state index contributed by atoms with van der Waals surface area (Å²) in [7, 11) is 0. The minimum absolute atomic E-state index is 0.446. The Kier molecular flexibility index (Phi) is 6.17. The van der Waals surface area contributed by atoms with Crippen LogP contribution in [0.25, 0.3) is 0 Å². The van der Waals surface area contributed by atoms with E-state index < -0.39 is 0 Å². The molecule has 0 fully saturated rings. The van der Waals surface area contributed by atoms with Crippen LogP contribution in [0.1, 0.15) is 20.8 Å². The molecular formula is C11H12N2O2. The summed E-state index contributed by atoms with van der Waals surface area (Å²) in [5, 5.41) is 16.6. The number of allylic oxidation sites excluding steroid dienone is 5. The van der Waals surface area contributed by atoms with Crippen LogP contribution in [0.3, 0.4) is 0 Å². The van der Waals surface area contributed by atoms with E-state index in [4.69, 9.17) is 10.5 Å². The second-order valence-electron chi connectivity index (χ2n) is 2.65. The van der Waals surface area contributed by atoms with Crippen molar-refractivity contribution in [3.8, 4) is 12.5 Å². The van der Waals surface area contributed by atoms with Gasteiger partial charge in [0.15, 0.2) is 0 Å². The highest BCUT2D eigenvalue weighted by Gasteiger charge is 1.95. The smallest absolute Gasteiger partial charge is 0.292 e. The fraction of sp³-hybridized carbons (Fsp3) is 0.273. The summed E-state index contributed by atoms with van der Waals surface area (Å²) in [6.45, 7) is 5.24. The predicted octanol–water partition coefficient (Wildman–Crippen LogP) is 2.74. The van der Waals surface area contributed by atoms with Crippen molar-refractivity contribution < 1.29 is 9.47 Å². The van der Waals surface area contributed by atoms with Gasteiger partial charge in [-0.05, 0) is 38.5 Å². The normalized spacial score (nSPS) is 12.7.